The van der Waals surface area contributed by atoms with Gasteiger partial charge < -0.3 is 14.6 Å². The molecule has 1 aromatic heterocycles. The molecule has 1 aliphatic rings. The first kappa shape index (κ1) is 11.5. The van der Waals surface area contributed by atoms with Gasteiger partial charge in [0.15, 0.2) is 5.82 Å². The van der Waals surface area contributed by atoms with Gasteiger partial charge in [-0.15, -0.1) is 0 Å². The molecule has 0 aromatic carbocycles. The van der Waals surface area contributed by atoms with Crippen LogP contribution in [0.1, 0.15) is 37.5 Å². The molecule has 2 unspecified atom stereocenters. The summed E-state index contributed by atoms with van der Waals surface area (Å²) < 4.78 is 10.3. The summed E-state index contributed by atoms with van der Waals surface area (Å²) in [5.74, 6) is 2.10. The molecule has 5 heteroatoms. The molecule has 16 heavy (non-hydrogen) atoms. The molecule has 2 atom stereocenters. The Morgan fingerprint density at radius 3 is 3.12 bits per heavy atom. The van der Waals surface area contributed by atoms with Crippen molar-refractivity contribution in [1.29, 1.82) is 0 Å². The van der Waals surface area contributed by atoms with Crippen molar-refractivity contribution in [3.63, 3.8) is 0 Å². The summed E-state index contributed by atoms with van der Waals surface area (Å²) in [5.41, 5.74) is 0. The van der Waals surface area contributed by atoms with Gasteiger partial charge in [-0.25, -0.2) is 0 Å². The third-order valence-corrected chi connectivity index (χ3v) is 3.03. The molecule has 2 heterocycles. The van der Waals surface area contributed by atoms with Crippen molar-refractivity contribution in [3.8, 4) is 0 Å². The van der Waals surface area contributed by atoms with Gasteiger partial charge in [0.25, 0.3) is 0 Å². The van der Waals surface area contributed by atoms with E-state index in [9.17, 15) is 0 Å². The lowest BCUT2D eigenvalue weighted by atomic mass is 10.0. The van der Waals surface area contributed by atoms with Gasteiger partial charge in [-0.2, -0.15) is 4.98 Å². The van der Waals surface area contributed by atoms with Crippen molar-refractivity contribution in [2.75, 3.05) is 20.3 Å². The third-order valence-electron chi connectivity index (χ3n) is 3.03. The second-order valence-corrected chi connectivity index (χ2v) is 4.34. The van der Waals surface area contributed by atoms with E-state index in [-0.39, 0.29) is 6.04 Å². The number of hydrogen-bond donors (Lipinski definition) is 1. The number of nitrogens with zero attached hydrogens (tertiary/aromatic N) is 2. The maximum Gasteiger partial charge on any atom is 0.244 e. The van der Waals surface area contributed by atoms with Crippen LogP contribution in [0.25, 0.3) is 0 Å². The van der Waals surface area contributed by atoms with Crippen LogP contribution in [-0.2, 0) is 11.2 Å². The zero-order valence-corrected chi connectivity index (χ0v) is 9.90. The van der Waals surface area contributed by atoms with Crippen LogP contribution in [0.3, 0.4) is 0 Å². The molecular weight excluding hydrogens is 206 g/mol. The minimum atomic E-state index is 0.240. The van der Waals surface area contributed by atoms with E-state index in [1.54, 1.807) is 7.11 Å². The lowest BCUT2D eigenvalue weighted by Crippen LogP contribution is -2.16. The summed E-state index contributed by atoms with van der Waals surface area (Å²) >= 11 is 0. The van der Waals surface area contributed by atoms with Gasteiger partial charge in [-0.05, 0) is 25.3 Å². The zero-order valence-electron chi connectivity index (χ0n) is 9.90. The van der Waals surface area contributed by atoms with Crippen LogP contribution in [0, 0.1) is 5.92 Å². The Hall–Kier alpha value is -0.940. The molecular formula is C11H19N3O2. The fourth-order valence-corrected chi connectivity index (χ4v) is 2.04. The van der Waals surface area contributed by atoms with Crippen LogP contribution in [0.4, 0.5) is 0 Å². The molecule has 1 fully saturated rings. The van der Waals surface area contributed by atoms with Gasteiger partial charge in [0.1, 0.15) is 0 Å². The summed E-state index contributed by atoms with van der Waals surface area (Å²) in [7, 11) is 1.70. The van der Waals surface area contributed by atoms with Gasteiger partial charge in [0.05, 0.1) is 6.04 Å². The molecule has 0 bridgehead atoms. The highest BCUT2D eigenvalue weighted by Gasteiger charge is 2.29. The van der Waals surface area contributed by atoms with Crippen molar-refractivity contribution in [2.45, 2.75) is 32.2 Å². The largest absolute Gasteiger partial charge is 0.385 e. The highest BCUT2D eigenvalue weighted by Crippen LogP contribution is 2.27. The van der Waals surface area contributed by atoms with Gasteiger partial charge in [-0.3, -0.25) is 0 Å². The summed E-state index contributed by atoms with van der Waals surface area (Å²) in [5, 5.41) is 7.37. The van der Waals surface area contributed by atoms with E-state index < -0.39 is 0 Å². The van der Waals surface area contributed by atoms with Crippen molar-refractivity contribution in [3.05, 3.63) is 11.7 Å². The smallest absolute Gasteiger partial charge is 0.244 e. The quantitative estimate of drug-likeness (QED) is 0.766. The fourth-order valence-electron chi connectivity index (χ4n) is 2.04. The van der Waals surface area contributed by atoms with E-state index in [1.165, 1.54) is 6.42 Å². The molecule has 2 rings (SSSR count). The molecule has 90 valence electrons. The third kappa shape index (κ3) is 2.59. The van der Waals surface area contributed by atoms with Crippen LogP contribution in [0.5, 0.6) is 0 Å². The first-order valence-corrected chi connectivity index (χ1v) is 5.86. The van der Waals surface area contributed by atoms with Crippen molar-refractivity contribution in [2.24, 2.45) is 5.92 Å². The molecule has 1 saturated heterocycles. The maximum atomic E-state index is 5.29. The molecule has 0 aliphatic carbocycles. The molecule has 1 N–H and O–H groups in total. The fraction of sp³-hybridized carbons (Fsp3) is 0.818. The van der Waals surface area contributed by atoms with Crippen LogP contribution < -0.4 is 5.32 Å². The Bertz CT molecular complexity index is 327. The molecule has 0 radical (unpaired) electrons. The number of hydrogen-bond acceptors (Lipinski definition) is 5. The average molecular weight is 225 g/mol. The Morgan fingerprint density at radius 1 is 1.56 bits per heavy atom. The summed E-state index contributed by atoms with van der Waals surface area (Å²) in [6.07, 6.45) is 2.92. The van der Waals surface area contributed by atoms with E-state index >= 15 is 0 Å². The second-order valence-electron chi connectivity index (χ2n) is 4.34. The Kier molecular flexibility index (Phi) is 3.90. The van der Waals surface area contributed by atoms with E-state index in [4.69, 9.17) is 9.26 Å². The SMILES string of the molecule is COCCCc1noc(C2NCCC2C)n1. The molecule has 5 nitrogen and oxygen atoms in total. The lowest BCUT2D eigenvalue weighted by molar-refractivity contribution is 0.194. The number of aromatic nitrogens is 2. The first-order valence-electron chi connectivity index (χ1n) is 5.86. The van der Waals surface area contributed by atoms with Crippen molar-refractivity contribution >= 4 is 0 Å². The van der Waals surface area contributed by atoms with Gasteiger partial charge in [0, 0.05) is 20.1 Å². The summed E-state index contributed by atoms with van der Waals surface area (Å²) in [6.45, 7) is 3.98. The highest BCUT2D eigenvalue weighted by atomic mass is 16.5. The van der Waals surface area contributed by atoms with Crippen LogP contribution in [0.2, 0.25) is 0 Å². The Labute approximate surface area is 95.6 Å². The highest BCUT2D eigenvalue weighted by molar-refractivity contribution is 4.98. The number of nitrogens with one attached hydrogen (secondary N) is 1. The zero-order chi connectivity index (χ0) is 11.4. The van der Waals surface area contributed by atoms with Gasteiger partial charge in [-0.1, -0.05) is 12.1 Å². The van der Waals surface area contributed by atoms with E-state index in [1.807, 2.05) is 0 Å². The molecule has 0 saturated carbocycles. The number of ether oxygens (including phenoxy) is 1. The van der Waals surface area contributed by atoms with Crippen molar-refractivity contribution < 1.29 is 9.26 Å². The number of methoxy groups -OCH3 is 1. The first-order chi connectivity index (χ1) is 7.81. The topological polar surface area (TPSA) is 60.2 Å². The second kappa shape index (κ2) is 5.41. The molecule has 1 aliphatic heterocycles. The minimum absolute atomic E-state index is 0.240. The standard InChI is InChI=1S/C11H19N3O2/c1-8-5-6-12-10(8)11-13-9(14-16-11)4-3-7-15-2/h8,10,12H,3-7H2,1-2H3. The summed E-state index contributed by atoms with van der Waals surface area (Å²) in [6, 6.07) is 0.240. The Morgan fingerprint density at radius 2 is 2.44 bits per heavy atom. The van der Waals surface area contributed by atoms with E-state index in [0.717, 1.165) is 37.7 Å². The predicted octanol–water partition coefficient (Wildman–Crippen LogP) is 1.32. The Balaban J connectivity index is 1.91. The van der Waals surface area contributed by atoms with Gasteiger partial charge in [0.2, 0.25) is 5.89 Å². The summed E-state index contributed by atoms with van der Waals surface area (Å²) in [4.78, 5) is 4.42. The van der Waals surface area contributed by atoms with Crippen LogP contribution in [0.15, 0.2) is 4.52 Å². The van der Waals surface area contributed by atoms with Gasteiger partial charge >= 0.3 is 0 Å². The maximum absolute atomic E-state index is 5.29. The van der Waals surface area contributed by atoms with Crippen molar-refractivity contribution in [1.82, 2.24) is 15.5 Å². The monoisotopic (exact) mass is 225 g/mol. The van der Waals surface area contributed by atoms with E-state index in [0.29, 0.717) is 5.92 Å². The minimum Gasteiger partial charge on any atom is -0.385 e. The number of rotatable bonds is 5. The molecule has 1 aromatic rings. The molecule has 0 spiro atoms. The normalized spacial score (nSPS) is 25.1. The average Bonchev–Trinajstić information content (AvgIpc) is 2.87. The predicted molar refractivity (Wildman–Crippen MR) is 59.0 cm³/mol. The van der Waals surface area contributed by atoms with Crippen LogP contribution in [-0.4, -0.2) is 30.4 Å². The molecule has 0 amide bonds. The van der Waals surface area contributed by atoms with Crippen LogP contribution >= 0.6 is 0 Å². The number of aryl methyl sites for hydroxylation is 1. The van der Waals surface area contributed by atoms with E-state index in [2.05, 4.69) is 22.4 Å². The lowest BCUT2D eigenvalue weighted by Gasteiger charge is -2.09.